The van der Waals surface area contributed by atoms with Crippen LogP contribution >= 0.6 is 0 Å². The van der Waals surface area contributed by atoms with Gasteiger partial charge in [-0.3, -0.25) is 0 Å². The normalized spacial score (nSPS) is 53.0. The van der Waals surface area contributed by atoms with Gasteiger partial charge < -0.3 is 129 Å². The molecule has 26 nitrogen and oxygen atoms in total. The van der Waals surface area contributed by atoms with Crippen molar-refractivity contribution in [1.82, 2.24) is 0 Å². The van der Waals surface area contributed by atoms with Gasteiger partial charge in [0.1, 0.15) is 123 Å². The van der Waals surface area contributed by atoms with E-state index >= 15 is 0 Å². The van der Waals surface area contributed by atoms with Crippen LogP contribution in [0.4, 0.5) is 0 Å². The summed E-state index contributed by atoms with van der Waals surface area (Å²) >= 11 is 0. The molecule has 0 amide bonds. The van der Waals surface area contributed by atoms with E-state index in [1.807, 2.05) is 0 Å². The topological polar surface area (TPSA) is 427 Å². The van der Waals surface area contributed by atoms with Gasteiger partial charge in [0.25, 0.3) is 0 Å². The highest BCUT2D eigenvalue weighted by molar-refractivity contribution is 5.01. The number of ether oxygens (including phenoxy) is 9. The highest BCUT2D eigenvalue weighted by atomic mass is 16.8. The van der Waals surface area contributed by atoms with Crippen molar-refractivity contribution in [2.75, 3.05) is 39.6 Å². The first kappa shape index (κ1) is 46.0. The smallest absolute Gasteiger partial charge is 0.224 e. The summed E-state index contributed by atoms with van der Waals surface area (Å²) in [5.41, 5.74) is 0. The van der Waals surface area contributed by atoms with Crippen molar-refractivity contribution in [2.24, 2.45) is 0 Å². The summed E-state index contributed by atoms with van der Waals surface area (Å²) in [7, 11) is 0. The number of aliphatic hydroxyl groups excluding tert-OH is 17. The Morgan fingerprint density at radius 2 is 0.804 bits per heavy atom. The van der Waals surface area contributed by atoms with Gasteiger partial charge in [0.05, 0.1) is 33.0 Å². The molecule has 5 fully saturated rings. The van der Waals surface area contributed by atoms with Gasteiger partial charge in [0.15, 0.2) is 25.2 Å². The van der Waals surface area contributed by atoms with E-state index in [1.165, 1.54) is 0 Å². The molecule has 0 bridgehead atoms. The third-order valence-electron chi connectivity index (χ3n) is 10.4. The van der Waals surface area contributed by atoms with Gasteiger partial charge in [-0.1, -0.05) is 0 Å². The fourth-order valence-corrected chi connectivity index (χ4v) is 6.89. The second-order valence-electron chi connectivity index (χ2n) is 14.1. The zero-order valence-electron chi connectivity index (χ0n) is 29.3. The molecule has 5 aliphatic rings. The Balaban J connectivity index is 1.42. The summed E-state index contributed by atoms with van der Waals surface area (Å²) in [5, 5.41) is 176. The minimum atomic E-state index is -2.70. The largest absolute Gasteiger partial charge is 0.394 e. The fourth-order valence-electron chi connectivity index (χ4n) is 6.89. The predicted octanol–water partition coefficient (Wildman–Crippen LogP) is -11.9. The SMILES string of the molecule is OC[C@@H]1O[C@H](OC[C@@]2(O[C@H]3O[C@H](CO[C@H]4O[C@H](CO)[C@H](O)[C@H](O)[C@H]4O)[C@@H](O[C@H]4O[C@H](CO)[C@H](O)[C@H](O)[C@H]4O)[C@H](O)[C@H]3O)O[C@H](CO)[C@@H](O)[C@@H]2O)[C@H](O)[C@@H](O)[C@H]1O. The molecule has 5 saturated heterocycles. The molecular formula is C30H52O26. The molecule has 17 N–H and O–H groups in total. The summed E-state index contributed by atoms with van der Waals surface area (Å²) in [6, 6.07) is 0. The van der Waals surface area contributed by atoms with Crippen LogP contribution in [0.25, 0.3) is 0 Å². The zero-order chi connectivity index (χ0) is 41.4. The number of rotatable bonds is 14. The van der Waals surface area contributed by atoms with Gasteiger partial charge in [-0.05, 0) is 0 Å². The molecule has 0 aromatic carbocycles. The molecule has 56 heavy (non-hydrogen) atoms. The quantitative estimate of drug-likeness (QED) is 0.0773. The predicted molar refractivity (Wildman–Crippen MR) is 167 cm³/mol. The van der Waals surface area contributed by atoms with Crippen LogP contribution in [0.2, 0.25) is 0 Å². The Kier molecular flexibility index (Phi) is 15.7. The van der Waals surface area contributed by atoms with Crippen LogP contribution in [-0.4, -0.2) is 273 Å². The van der Waals surface area contributed by atoms with Crippen LogP contribution < -0.4 is 0 Å². The van der Waals surface area contributed by atoms with E-state index in [-0.39, 0.29) is 0 Å². The van der Waals surface area contributed by atoms with Crippen molar-refractivity contribution in [3.8, 4) is 0 Å². The molecular weight excluding hydrogens is 776 g/mol. The van der Waals surface area contributed by atoms with E-state index < -0.39 is 187 Å². The van der Waals surface area contributed by atoms with Crippen LogP contribution in [-0.2, 0) is 42.6 Å². The summed E-state index contributed by atoms with van der Waals surface area (Å²) in [5.74, 6) is -2.70. The van der Waals surface area contributed by atoms with Gasteiger partial charge in [-0.15, -0.1) is 0 Å². The first-order chi connectivity index (χ1) is 26.4. The Bertz CT molecular complexity index is 1220. The monoisotopic (exact) mass is 828 g/mol. The summed E-state index contributed by atoms with van der Waals surface area (Å²) in [4.78, 5) is 0. The molecule has 0 saturated carbocycles. The van der Waals surface area contributed by atoms with Crippen molar-refractivity contribution in [1.29, 1.82) is 0 Å². The maximum absolute atomic E-state index is 11.4. The molecule has 0 aliphatic carbocycles. The minimum absolute atomic E-state index is 0.843. The van der Waals surface area contributed by atoms with E-state index in [0.29, 0.717) is 0 Å². The van der Waals surface area contributed by atoms with Gasteiger partial charge in [-0.25, -0.2) is 0 Å². The molecule has 0 radical (unpaired) electrons. The Hall–Kier alpha value is -1.04. The van der Waals surface area contributed by atoms with Crippen LogP contribution in [0.15, 0.2) is 0 Å². The van der Waals surface area contributed by atoms with E-state index in [9.17, 15) is 86.8 Å². The number of hydrogen-bond donors (Lipinski definition) is 17. The van der Waals surface area contributed by atoms with Gasteiger partial charge >= 0.3 is 0 Å². The molecule has 0 unspecified atom stereocenters. The first-order valence-corrected chi connectivity index (χ1v) is 17.6. The summed E-state index contributed by atoms with van der Waals surface area (Å²) in [6.07, 6.45) is -43.3. The summed E-state index contributed by atoms with van der Waals surface area (Å²) in [6.45, 7) is -5.49. The molecule has 5 heterocycles. The van der Waals surface area contributed by atoms with Crippen molar-refractivity contribution in [3.63, 3.8) is 0 Å². The van der Waals surface area contributed by atoms with E-state index in [4.69, 9.17) is 42.6 Å². The van der Waals surface area contributed by atoms with Crippen molar-refractivity contribution >= 4 is 0 Å². The molecule has 0 aromatic heterocycles. The van der Waals surface area contributed by atoms with Crippen molar-refractivity contribution < 1.29 is 129 Å². The van der Waals surface area contributed by atoms with E-state index in [2.05, 4.69) is 0 Å². The maximum Gasteiger partial charge on any atom is 0.224 e. The fraction of sp³-hybridized carbons (Fsp3) is 1.00. The lowest BCUT2D eigenvalue weighted by atomic mass is 9.96. The average molecular weight is 829 g/mol. The number of aliphatic hydroxyl groups is 17. The molecule has 5 aliphatic heterocycles. The highest BCUT2D eigenvalue weighted by Gasteiger charge is 2.60. The second-order valence-corrected chi connectivity index (χ2v) is 14.1. The molecule has 0 spiro atoms. The lowest BCUT2D eigenvalue weighted by molar-refractivity contribution is -0.410. The van der Waals surface area contributed by atoms with Gasteiger partial charge in [-0.2, -0.15) is 0 Å². The average Bonchev–Trinajstić information content (AvgIpc) is 3.43. The lowest BCUT2D eigenvalue weighted by Gasteiger charge is -2.48. The molecule has 26 heteroatoms. The molecule has 328 valence electrons. The van der Waals surface area contributed by atoms with Crippen LogP contribution in [0, 0.1) is 0 Å². The molecule has 0 aromatic rings. The molecule has 5 rings (SSSR count). The zero-order valence-corrected chi connectivity index (χ0v) is 29.3. The van der Waals surface area contributed by atoms with Crippen molar-refractivity contribution in [2.45, 2.75) is 147 Å². The maximum atomic E-state index is 11.4. The third-order valence-corrected chi connectivity index (χ3v) is 10.4. The Labute approximate surface area is 316 Å². The van der Waals surface area contributed by atoms with E-state index in [0.717, 1.165) is 0 Å². The first-order valence-electron chi connectivity index (χ1n) is 17.6. The lowest BCUT2D eigenvalue weighted by Crippen LogP contribution is -2.66. The third kappa shape index (κ3) is 9.01. The van der Waals surface area contributed by atoms with E-state index in [1.54, 1.807) is 0 Å². The standard InChI is InChI=1S/C30H52O26/c31-1-7-12(35)16(39)20(43)26(50-7)48-5-11-24(54-28-22(45)18(41)14(37)9(3-33)52-28)19(42)23(46)29(53-11)56-30(25(47)15(38)10(4-34)55-30)6-49-27-21(44)17(40)13(36)8(2-32)51-27/h7-29,31-47H,1-6H2/t7-,8+,9-,10-,11-,12+,13+,14+,15-,16+,17+,18+,19-,20-,21-,22-,23-,24-,25+,26+,27+,28-,29-,30+/m1/s1. The van der Waals surface area contributed by atoms with Gasteiger partial charge in [0, 0.05) is 0 Å². The number of hydrogen-bond acceptors (Lipinski definition) is 26. The highest BCUT2D eigenvalue weighted by Crippen LogP contribution is 2.39. The van der Waals surface area contributed by atoms with Crippen LogP contribution in [0.1, 0.15) is 0 Å². The Morgan fingerprint density at radius 1 is 0.393 bits per heavy atom. The molecule has 24 atom stereocenters. The van der Waals surface area contributed by atoms with Gasteiger partial charge in [0.2, 0.25) is 5.79 Å². The second kappa shape index (κ2) is 19.1. The minimum Gasteiger partial charge on any atom is -0.394 e. The van der Waals surface area contributed by atoms with Crippen molar-refractivity contribution in [3.05, 3.63) is 0 Å². The Morgan fingerprint density at radius 3 is 1.27 bits per heavy atom. The summed E-state index contributed by atoms with van der Waals surface area (Å²) < 4.78 is 50.0. The van der Waals surface area contributed by atoms with Crippen LogP contribution in [0.5, 0.6) is 0 Å². The van der Waals surface area contributed by atoms with Crippen LogP contribution in [0.3, 0.4) is 0 Å².